The maximum Gasteiger partial charge on any atom is 0.311 e. The molecule has 172 valence electrons. The highest BCUT2D eigenvalue weighted by molar-refractivity contribution is 5.73. The fourth-order valence-electron chi connectivity index (χ4n) is 3.10. The van der Waals surface area contributed by atoms with Crippen LogP contribution in [0.2, 0.25) is 0 Å². The minimum Gasteiger partial charge on any atom is -0.497 e. The first-order valence-electron chi connectivity index (χ1n) is 10.6. The SMILES string of the molecule is COc1ccc(CC(C)(C)NC[C@@H](O)COc2ccc(CC(=O)O[C@H](C)C#N)cc2)cc1. The van der Waals surface area contributed by atoms with Gasteiger partial charge in [-0.05, 0) is 62.6 Å². The van der Waals surface area contributed by atoms with Gasteiger partial charge < -0.3 is 24.6 Å². The van der Waals surface area contributed by atoms with E-state index in [-0.39, 0.29) is 18.6 Å². The van der Waals surface area contributed by atoms with E-state index in [2.05, 4.69) is 19.2 Å². The lowest BCUT2D eigenvalue weighted by Crippen LogP contribution is -2.46. The lowest BCUT2D eigenvalue weighted by atomic mass is 9.94. The zero-order valence-electron chi connectivity index (χ0n) is 19.1. The van der Waals surface area contributed by atoms with Gasteiger partial charge in [-0.2, -0.15) is 5.26 Å². The molecule has 2 aromatic rings. The molecule has 0 aliphatic rings. The second kappa shape index (κ2) is 12.1. The van der Waals surface area contributed by atoms with Gasteiger partial charge in [-0.25, -0.2) is 0 Å². The molecule has 2 aromatic carbocycles. The molecule has 0 heterocycles. The van der Waals surface area contributed by atoms with Gasteiger partial charge in [-0.1, -0.05) is 24.3 Å². The van der Waals surface area contributed by atoms with Crippen molar-refractivity contribution in [1.29, 1.82) is 5.26 Å². The standard InChI is InChI=1S/C25H32N2O5/c1-18(15-26)32-24(29)13-19-5-11-23(12-6-19)31-17-21(28)16-27-25(2,3)14-20-7-9-22(30-4)10-8-20/h5-12,18,21,27-28H,13-14,16-17H2,1-4H3/t18-,21-/m1/s1. The molecule has 7 heteroatoms. The van der Waals surface area contributed by atoms with E-state index < -0.39 is 18.2 Å². The van der Waals surface area contributed by atoms with Gasteiger partial charge in [0.2, 0.25) is 0 Å². The summed E-state index contributed by atoms with van der Waals surface area (Å²) in [4.78, 5) is 11.7. The number of rotatable bonds is 12. The van der Waals surface area contributed by atoms with Gasteiger partial charge in [0.15, 0.2) is 6.10 Å². The highest BCUT2D eigenvalue weighted by Crippen LogP contribution is 2.17. The van der Waals surface area contributed by atoms with Gasteiger partial charge in [-0.3, -0.25) is 4.79 Å². The summed E-state index contributed by atoms with van der Waals surface area (Å²) < 4.78 is 15.8. The summed E-state index contributed by atoms with van der Waals surface area (Å²) in [7, 11) is 1.65. The number of β-amino-alcohol motifs (C(OH)–C–C–N with tert-alkyl or cyclic N) is 1. The van der Waals surface area contributed by atoms with Crippen molar-refractivity contribution in [2.75, 3.05) is 20.3 Å². The number of carbonyl (C=O) groups excluding carboxylic acids is 1. The largest absolute Gasteiger partial charge is 0.497 e. The Morgan fingerprint density at radius 3 is 2.28 bits per heavy atom. The molecule has 0 unspecified atom stereocenters. The van der Waals surface area contributed by atoms with E-state index in [1.165, 1.54) is 12.5 Å². The number of hydrogen-bond acceptors (Lipinski definition) is 7. The summed E-state index contributed by atoms with van der Waals surface area (Å²) >= 11 is 0. The summed E-state index contributed by atoms with van der Waals surface area (Å²) in [5.41, 5.74) is 1.74. The highest BCUT2D eigenvalue weighted by atomic mass is 16.5. The molecule has 2 rings (SSSR count). The monoisotopic (exact) mass is 440 g/mol. The number of nitrogens with zero attached hydrogens (tertiary/aromatic N) is 1. The summed E-state index contributed by atoms with van der Waals surface area (Å²) in [5, 5.41) is 22.4. The fourth-order valence-corrected chi connectivity index (χ4v) is 3.10. The molecule has 0 aliphatic carbocycles. The number of hydrogen-bond donors (Lipinski definition) is 2. The quantitative estimate of drug-likeness (QED) is 0.489. The molecule has 0 saturated carbocycles. The number of methoxy groups -OCH3 is 1. The maximum atomic E-state index is 11.7. The lowest BCUT2D eigenvalue weighted by molar-refractivity contribution is -0.145. The van der Waals surface area contributed by atoms with Crippen LogP contribution in [0.15, 0.2) is 48.5 Å². The van der Waals surface area contributed by atoms with Crippen LogP contribution in [0.1, 0.15) is 31.9 Å². The van der Waals surface area contributed by atoms with Crippen molar-refractivity contribution in [2.45, 2.75) is 51.4 Å². The van der Waals surface area contributed by atoms with E-state index >= 15 is 0 Å². The van der Waals surface area contributed by atoms with Gasteiger partial charge in [0.1, 0.15) is 30.3 Å². The Morgan fingerprint density at radius 1 is 1.09 bits per heavy atom. The molecule has 32 heavy (non-hydrogen) atoms. The van der Waals surface area contributed by atoms with Gasteiger partial charge in [-0.15, -0.1) is 0 Å². The van der Waals surface area contributed by atoms with Crippen molar-refractivity contribution in [3.05, 3.63) is 59.7 Å². The molecule has 0 radical (unpaired) electrons. The number of nitriles is 1. The molecule has 0 saturated heterocycles. The smallest absolute Gasteiger partial charge is 0.311 e. The fraction of sp³-hybridized carbons (Fsp3) is 0.440. The minimum atomic E-state index is -0.763. The number of esters is 1. The van der Waals surface area contributed by atoms with Crippen LogP contribution in [0.25, 0.3) is 0 Å². The number of aliphatic hydroxyl groups is 1. The molecule has 2 atom stereocenters. The van der Waals surface area contributed by atoms with Crippen molar-refractivity contribution in [1.82, 2.24) is 5.32 Å². The van der Waals surface area contributed by atoms with Crippen LogP contribution in [0.4, 0.5) is 0 Å². The molecular weight excluding hydrogens is 408 g/mol. The Balaban J connectivity index is 1.74. The predicted molar refractivity (Wildman–Crippen MR) is 122 cm³/mol. The Labute approximate surface area is 189 Å². The van der Waals surface area contributed by atoms with E-state index in [4.69, 9.17) is 19.5 Å². The maximum absolute atomic E-state index is 11.7. The summed E-state index contributed by atoms with van der Waals surface area (Å²) in [6.45, 7) is 6.24. The zero-order chi connectivity index (χ0) is 23.6. The molecule has 0 spiro atoms. The number of ether oxygens (including phenoxy) is 3. The topological polar surface area (TPSA) is 101 Å². The molecule has 0 amide bonds. The number of benzene rings is 2. The Bertz CT molecular complexity index is 888. The summed E-state index contributed by atoms with van der Waals surface area (Å²) in [6, 6.07) is 16.8. The van der Waals surface area contributed by atoms with Crippen molar-refractivity contribution in [3.63, 3.8) is 0 Å². The predicted octanol–water partition coefficient (Wildman–Crippen LogP) is 3.04. The van der Waals surface area contributed by atoms with Crippen LogP contribution < -0.4 is 14.8 Å². The minimum absolute atomic E-state index is 0.0854. The lowest BCUT2D eigenvalue weighted by Gasteiger charge is -2.28. The highest BCUT2D eigenvalue weighted by Gasteiger charge is 2.19. The Morgan fingerprint density at radius 2 is 1.69 bits per heavy atom. The molecule has 0 fully saturated rings. The Hall–Kier alpha value is -3.08. The van der Waals surface area contributed by atoms with Crippen LogP contribution in [0.5, 0.6) is 11.5 Å². The van der Waals surface area contributed by atoms with Crippen LogP contribution in [0, 0.1) is 11.3 Å². The first kappa shape index (κ1) is 25.2. The first-order chi connectivity index (χ1) is 15.2. The molecule has 7 nitrogen and oxygen atoms in total. The number of nitrogens with one attached hydrogen (secondary N) is 1. The third-order valence-electron chi connectivity index (χ3n) is 4.83. The van der Waals surface area contributed by atoms with Gasteiger partial charge in [0.05, 0.1) is 13.5 Å². The second-order valence-electron chi connectivity index (χ2n) is 8.34. The normalized spacial score (nSPS) is 13.0. The van der Waals surface area contributed by atoms with Crippen LogP contribution in [-0.2, 0) is 22.4 Å². The van der Waals surface area contributed by atoms with Gasteiger partial charge >= 0.3 is 5.97 Å². The van der Waals surface area contributed by atoms with Crippen molar-refractivity contribution in [2.24, 2.45) is 0 Å². The van der Waals surface area contributed by atoms with Gasteiger partial charge in [0, 0.05) is 12.1 Å². The summed E-state index contributed by atoms with van der Waals surface area (Å²) in [6.07, 6.45) is -0.544. The van der Waals surface area contributed by atoms with Crippen LogP contribution >= 0.6 is 0 Å². The zero-order valence-corrected chi connectivity index (χ0v) is 19.1. The molecule has 2 N–H and O–H groups in total. The van der Waals surface area contributed by atoms with E-state index in [0.29, 0.717) is 12.3 Å². The van der Waals surface area contributed by atoms with Crippen molar-refractivity contribution < 1.29 is 24.1 Å². The van der Waals surface area contributed by atoms with Crippen LogP contribution in [-0.4, -0.2) is 49.1 Å². The third kappa shape index (κ3) is 8.96. The van der Waals surface area contributed by atoms with Crippen molar-refractivity contribution >= 4 is 5.97 Å². The third-order valence-corrected chi connectivity index (χ3v) is 4.83. The molecular formula is C25H32N2O5. The van der Waals surface area contributed by atoms with E-state index in [1.54, 1.807) is 31.4 Å². The van der Waals surface area contributed by atoms with E-state index in [9.17, 15) is 9.90 Å². The summed E-state index contributed by atoms with van der Waals surface area (Å²) in [5.74, 6) is 0.976. The van der Waals surface area contributed by atoms with Crippen molar-refractivity contribution in [3.8, 4) is 17.6 Å². The van der Waals surface area contributed by atoms with Gasteiger partial charge in [0.25, 0.3) is 0 Å². The van der Waals surface area contributed by atoms with E-state index in [0.717, 1.165) is 17.7 Å². The number of carbonyl (C=O) groups is 1. The Kier molecular flexibility index (Phi) is 9.51. The molecule has 0 bridgehead atoms. The van der Waals surface area contributed by atoms with E-state index in [1.807, 2.05) is 30.3 Å². The molecule has 0 aliphatic heterocycles. The van der Waals surface area contributed by atoms with Crippen LogP contribution in [0.3, 0.4) is 0 Å². The average Bonchev–Trinajstić information content (AvgIpc) is 2.77. The first-order valence-corrected chi connectivity index (χ1v) is 10.6. The average molecular weight is 441 g/mol. The molecule has 0 aromatic heterocycles. The number of aliphatic hydroxyl groups excluding tert-OH is 1. The second-order valence-corrected chi connectivity index (χ2v) is 8.34.